The summed E-state index contributed by atoms with van der Waals surface area (Å²) in [5.41, 5.74) is -1.84. The summed E-state index contributed by atoms with van der Waals surface area (Å²) in [5, 5.41) is 21.8. The maximum Gasteiger partial charge on any atom is 0.339 e. The third kappa shape index (κ3) is 3.67. The van der Waals surface area contributed by atoms with Crippen LogP contribution in [0.15, 0.2) is 45.7 Å². The molecule has 0 unspecified atom stereocenters. The highest BCUT2D eigenvalue weighted by molar-refractivity contribution is 5.52. The van der Waals surface area contributed by atoms with Crippen molar-refractivity contribution < 1.29 is 28.8 Å². The summed E-state index contributed by atoms with van der Waals surface area (Å²) >= 11 is 0. The largest absolute Gasteiger partial charge is 0.496 e. The van der Waals surface area contributed by atoms with Crippen molar-refractivity contribution in [1.29, 1.82) is 0 Å². The molecule has 0 radical (unpaired) electrons. The van der Waals surface area contributed by atoms with Crippen molar-refractivity contribution in [3.8, 4) is 5.75 Å². The molecular weight excluding hydrogens is 388 g/mol. The van der Waals surface area contributed by atoms with E-state index >= 15 is 0 Å². The number of hydrogen-bond acceptors (Lipinski definition) is 7. The number of fused-ring (bicyclic) bond motifs is 1. The Morgan fingerprint density at radius 3 is 2.53 bits per heavy atom. The van der Waals surface area contributed by atoms with E-state index in [1.54, 1.807) is 57.2 Å². The quantitative estimate of drug-likeness (QED) is 0.686. The van der Waals surface area contributed by atoms with Gasteiger partial charge in [0.15, 0.2) is 6.29 Å². The Balaban J connectivity index is 1.65. The average molecular weight is 418 g/mol. The summed E-state index contributed by atoms with van der Waals surface area (Å²) in [5.74, 6) is 0.901. The number of aliphatic hydroxyl groups is 2. The second kappa shape index (κ2) is 8.51. The lowest BCUT2D eigenvalue weighted by molar-refractivity contribution is -0.144. The van der Waals surface area contributed by atoms with Gasteiger partial charge in [-0.3, -0.25) is 0 Å². The lowest BCUT2D eigenvalue weighted by Gasteiger charge is -2.38. The zero-order valence-electron chi connectivity index (χ0n) is 18.0. The first kappa shape index (κ1) is 22.5. The van der Waals surface area contributed by atoms with E-state index < -0.39 is 35.1 Å². The van der Waals surface area contributed by atoms with Gasteiger partial charge in [-0.1, -0.05) is 37.3 Å². The number of rotatable bonds is 6. The second-order valence-electron chi connectivity index (χ2n) is 8.09. The van der Waals surface area contributed by atoms with Gasteiger partial charge in [0.05, 0.1) is 30.8 Å². The second-order valence-corrected chi connectivity index (χ2v) is 8.09. The zero-order valence-corrected chi connectivity index (χ0v) is 18.0. The number of allylic oxidation sites excluding steroid dienone is 4. The van der Waals surface area contributed by atoms with Crippen molar-refractivity contribution in [1.82, 2.24) is 0 Å². The molecule has 0 bridgehead atoms. The summed E-state index contributed by atoms with van der Waals surface area (Å²) in [6, 6.07) is 1.30. The normalized spacial score (nSPS) is 36.4. The third-order valence-electron chi connectivity index (χ3n) is 6.37. The summed E-state index contributed by atoms with van der Waals surface area (Å²) < 4.78 is 22.0. The third-order valence-corrected chi connectivity index (χ3v) is 6.37. The average Bonchev–Trinajstić information content (AvgIpc) is 3.07. The van der Waals surface area contributed by atoms with E-state index in [0.29, 0.717) is 17.9 Å². The lowest BCUT2D eigenvalue weighted by atomic mass is 9.69. The minimum absolute atomic E-state index is 0.378. The van der Waals surface area contributed by atoms with Crippen LogP contribution in [0, 0.1) is 12.3 Å². The maximum atomic E-state index is 11.6. The van der Waals surface area contributed by atoms with Gasteiger partial charge in [-0.15, -0.1) is 0 Å². The molecule has 2 aliphatic rings. The van der Waals surface area contributed by atoms with E-state index in [-0.39, 0.29) is 6.10 Å². The molecule has 7 heteroatoms. The molecule has 30 heavy (non-hydrogen) atoms. The minimum Gasteiger partial charge on any atom is -0.496 e. The molecule has 164 valence electrons. The fourth-order valence-corrected chi connectivity index (χ4v) is 4.19. The van der Waals surface area contributed by atoms with Gasteiger partial charge in [-0.25, -0.2) is 4.79 Å². The van der Waals surface area contributed by atoms with E-state index in [4.69, 9.17) is 18.6 Å². The Labute approximate surface area is 176 Å². The van der Waals surface area contributed by atoms with Crippen molar-refractivity contribution in [2.24, 2.45) is 5.41 Å². The molecule has 7 nitrogen and oxygen atoms in total. The van der Waals surface area contributed by atoms with Crippen molar-refractivity contribution in [2.75, 3.05) is 7.11 Å². The highest BCUT2D eigenvalue weighted by Gasteiger charge is 2.69. The van der Waals surface area contributed by atoms with Crippen LogP contribution in [-0.4, -0.2) is 47.5 Å². The Hall–Kier alpha value is -2.19. The summed E-state index contributed by atoms with van der Waals surface area (Å²) in [6.07, 6.45) is 8.53. The molecule has 0 aliphatic carbocycles. The first-order chi connectivity index (χ1) is 14.2. The van der Waals surface area contributed by atoms with Gasteiger partial charge in [0, 0.05) is 5.56 Å². The van der Waals surface area contributed by atoms with Crippen LogP contribution in [0.2, 0.25) is 0 Å². The predicted molar refractivity (Wildman–Crippen MR) is 112 cm³/mol. The lowest BCUT2D eigenvalue weighted by Crippen LogP contribution is -2.54. The van der Waals surface area contributed by atoms with E-state index in [1.807, 2.05) is 6.92 Å². The van der Waals surface area contributed by atoms with Gasteiger partial charge in [0.25, 0.3) is 0 Å². The van der Waals surface area contributed by atoms with E-state index in [2.05, 4.69) is 0 Å². The van der Waals surface area contributed by atoms with E-state index in [9.17, 15) is 15.0 Å². The summed E-state index contributed by atoms with van der Waals surface area (Å²) in [4.78, 5) is 11.6. The minimum atomic E-state index is -1.19. The predicted octanol–water partition coefficient (Wildman–Crippen LogP) is 2.73. The molecule has 2 aliphatic heterocycles. The van der Waals surface area contributed by atoms with Crippen LogP contribution >= 0.6 is 0 Å². The molecule has 0 spiro atoms. The van der Waals surface area contributed by atoms with Crippen molar-refractivity contribution >= 4 is 6.08 Å². The van der Waals surface area contributed by atoms with Gasteiger partial charge in [-0.05, 0) is 33.3 Å². The monoisotopic (exact) mass is 418 g/mol. The van der Waals surface area contributed by atoms with Crippen LogP contribution in [0.25, 0.3) is 6.08 Å². The molecule has 0 amide bonds. The molecule has 2 fully saturated rings. The van der Waals surface area contributed by atoms with Crippen LogP contribution in [0.4, 0.5) is 0 Å². The number of aliphatic hydroxyl groups excluding tert-OH is 1. The summed E-state index contributed by atoms with van der Waals surface area (Å²) in [7, 11) is 1.50. The molecular formula is C23H30O7. The van der Waals surface area contributed by atoms with Crippen molar-refractivity contribution in [2.45, 2.75) is 64.3 Å². The Morgan fingerprint density at radius 2 is 1.90 bits per heavy atom. The maximum absolute atomic E-state index is 11.6. The van der Waals surface area contributed by atoms with Crippen LogP contribution in [0.5, 0.6) is 5.75 Å². The van der Waals surface area contributed by atoms with E-state index in [1.165, 1.54) is 13.2 Å². The molecule has 2 saturated heterocycles. The Morgan fingerprint density at radius 1 is 1.20 bits per heavy atom. The first-order valence-corrected chi connectivity index (χ1v) is 10.1. The number of ether oxygens (including phenoxy) is 3. The molecule has 1 aromatic rings. The first-order valence-electron chi connectivity index (χ1n) is 10.1. The van der Waals surface area contributed by atoms with Gasteiger partial charge < -0.3 is 28.8 Å². The Kier molecular flexibility index (Phi) is 6.38. The SMILES string of the molecule is CC[C@H]1O[C@@H]2O[C@H](/C=C/C=C/C=C/c3oc(=O)cc(OC)c3C)[C@H](O)[C@]2(C)[C@]1(C)O. The van der Waals surface area contributed by atoms with Crippen LogP contribution in [0.3, 0.4) is 0 Å². The van der Waals surface area contributed by atoms with Crippen LogP contribution < -0.4 is 10.4 Å². The number of hydrogen-bond donors (Lipinski definition) is 2. The number of methoxy groups -OCH3 is 1. The fourth-order valence-electron chi connectivity index (χ4n) is 4.19. The topological polar surface area (TPSA) is 98.4 Å². The molecule has 0 saturated carbocycles. The summed E-state index contributed by atoms with van der Waals surface area (Å²) in [6.45, 7) is 7.24. The van der Waals surface area contributed by atoms with Gasteiger partial charge in [0.2, 0.25) is 0 Å². The van der Waals surface area contributed by atoms with Crippen molar-refractivity contribution in [3.05, 3.63) is 58.2 Å². The molecule has 0 aromatic carbocycles. The molecule has 1 aromatic heterocycles. The Bertz CT molecular complexity index is 911. The van der Waals surface area contributed by atoms with Gasteiger partial charge >= 0.3 is 5.63 Å². The zero-order chi connectivity index (χ0) is 22.1. The highest BCUT2D eigenvalue weighted by Crippen LogP contribution is 2.55. The molecule has 3 rings (SSSR count). The van der Waals surface area contributed by atoms with E-state index in [0.717, 1.165) is 5.56 Å². The van der Waals surface area contributed by atoms with Crippen molar-refractivity contribution in [3.63, 3.8) is 0 Å². The van der Waals surface area contributed by atoms with Crippen LogP contribution in [-0.2, 0) is 9.47 Å². The molecule has 3 heterocycles. The smallest absolute Gasteiger partial charge is 0.339 e. The van der Waals surface area contributed by atoms with Crippen LogP contribution in [0.1, 0.15) is 38.5 Å². The van der Waals surface area contributed by atoms with Gasteiger partial charge in [0.1, 0.15) is 23.2 Å². The van der Waals surface area contributed by atoms with Gasteiger partial charge in [-0.2, -0.15) is 0 Å². The standard InChI is InChI=1S/C23H30O7/c1-6-18-23(4,26)22(3)20(25)16(29-21(22)30-18)12-10-8-7-9-11-15-14(2)17(27-5)13-19(24)28-15/h7-13,16,18,20-21,25-26H,6H2,1-5H3/b8-7+,11-9+,12-10+/t16-,18-,20+,21+,22+,23-/m1/s1. The molecule has 6 atom stereocenters. The molecule has 2 N–H and O–H groups in total. The highest BCUT2D eigenvalue weighted by atomic mass is 16.7. The fraction of sp³-hybridized carbons (Fsp3) is 0.522.